The predicted octanol–water partition coefficient (Wildman–Crippen LogP) is -2.10. The third kappa shape index (κ3) is 4.40. The van der Waals surface area contributed by atoms with E-state index in [0.717, 1.165) is 5.82 Å². The molecule has 1 aromatic heterocycles. The van der Waals surface area contributed by atoms with E-state index in [1.54, 1.807) is 6.92 Å². The summed E-state index contributed by atoms with van der Waals surface area (Å²) in [5.74, 6) is 6.55. The van der Waals surface area contributed by atoms with Gasteiger partial charge in [-0.2, -0.15) is 0 Å². The highest BCUT2D eigenvalue weighted by atomic mass is 35.5. The quantitative estimate of drug-likeness (QED) is 0.224. The van der Waals surface area contributed by atoms with E-state index in [2.05, 4.69) is 17.0 Å². The van der Waals surface area contributed by atoms with Crippen molar-refractivity contribution in [1.82, 2.24) is 4.57 Å². The molecule has 0 bridgehead atoms. The SMILES string of the molecule is CC#CC(C)(C)OCn1cc[n+](C)c1/C=N/O.[Cl-]. The van der Waals surface area contributed by atoms with E-state index in [-0.39, 0.29) is 12.4 Å². The molecule has 0 aromatic carbocycles. The van der Waals surface area contributed by atoms with Crippen molar-refractivity contribution in [2.45, 2.75) is 33.1 Å². The van der Waals surface area contributed by atoms with Crippen molar-refractivity contribution < 1.29 is 26.9 Å². The Hall–Kier alpha value is -1.51. The molecule has 0 saturated carbocycles. The van der Waals surface area contributed by atoms with Gasteiger partial charge >= 0.3 is 5.82 Å². The van der Waals surface area contributed by atoms with Crippen LogP contribution in [0.25, 0.3) is 0 Å². The van der Waals surface area contributed by atoms with Gasteiger partial charge in [0.25, 0.3) is 0 Å². The summed E-state index contributed by atoms with van der Waals surface area (Å²) in [6.45, 7) is 5.95. The van der Waals surface area contributed by atoms with Crippen molar-refractivity contribution in [1.29, 1.82) is 0 Å². The van der Waals surface area contributed by atoms with E-state index in [4.69, 9.17) is 9.94 Å². The minimum absolute atomic E-state index is 0. The maximum atomic E-state index is 8.58. The maximum absolute atomic E-state index is 8.58. The van der Waals surface area contributed by atoms with E-state index in [9.17, 15) is 0 Å². The first-order valence-electron chi connectivity index (χ1n) is 5.30. The Morgan fingerprint density at radius 1 is 1.61 bits per heavy atom. The minimum Gasteiger partial charge on any atom is -1.00 e. The zero-order chi connectivity index (χ0) is 12.9. The Morgan fingerprint density at radius 3 is 2.83 bits per heavy atom. The van der Waals surface area contributed by atoms with Crippen LogP contribution < -0.4 is 17.0 Å². The van der Waals surface area contributed by atoms with E-state index in [1.807, 2.05) is 42.4 Å². The number of halogens is 1. The number of oxime groups is 1. The van der Waals surface area contributed by atoms with Gasteiger partial charge in [0.15, 0.2) is 12.9 Å². The summed E-state index contributed by atoms with van der Waals surface area (Å²) in [6, 6.07) is 0. The van der Waals surface area contributed by atoms with Gasteiger partial charge in [0.1, 0.15) is 18.0 Å². The fraction of sp³-hybridized carbons (Fsp3) is 0.500. The summed E-state index contributed by atoms with van der Waals surface area (Å²) >= 11 is 0. The summed E-state index contributed by atoms with van der Waals surface area (Å²) in [6.07, 6.45) is 5.08. The lowest BCUT2D eigenvalue weighted by Crippen LogP contribution is -3.00. The molecule has 0 aliphatic carbocycles. The number of aryl methyl sites for hydroxylation is 1. The molecule has 1 N–H and O–H groups in total. The lowest BCUT2D eigenvalue weighted by molar-refractivity contribution is -0.672. The van der Waals surface area contributed by atoms with Gasteiger partial charge in [-0.3, -0.25) is 0 Å². The molecule has 100 valence electrons. The van der Waals surface area contributed by atoms with Crippen LogP contribution in [-0.4, -0.2) is 21.6 Å². The zero-order valence-corrected chi connectivity index (χ0v) is 11.8. The van der Waals surface area contributed by atoms with Crippen molar-refractivity contribution in [3.8, 4) is 11.8 Å². The molecule has 1 aromatic rings. The minimum atomic E-state index is -0.495. The maximum Gasteiger partial charge on any atom is 0.305 e. The molecule has 0 atom stereocenters. The highest BCUT2D eigenvalue weighted by Crippen LogP contribution is 2.08. The van der Waals surface area contributed by atoms with Gasteiger partial charge in [-0.1, -0.05) is 11.1 Å². The topological polar surface area (TPSA) is 50.6 Å². The molecule has 1 rings (SSSR count). The molecular formula is C12H18ClN3O2. The zero-order valence-electron chi connectivity index (χ0n) is 11.0. The van der Waals surface area contributed by atoms with E-state index >= 15 is 0 Å². The molecule has 0 spiro atoms. The molecule has 6 heteroatoms. The Balaban J connectivity index is 0.00000289. The molecule has 0 fully saturated rings. The molecule has 0 aliphatic rings. The second-order valence-electron chi connectivity index (χ2n) is 4.14. The van der Waals surface area contributed by atoms with Crippen molar-refractivity contribution in [2.24, 2.45) is 12.2 Å². The fourth-order valence-electron chi connectivity index (χ4n) is 1.43. The number of nitrogens with zero attached hydrogens (tertiary/aromatic N) is 3. The summed E-state index contributed by atoms with van der Waals surface area (Å²) in [5.41, 5.74) is -0.495. The van der Waals surface area contributed by atoms with Crippen molar-refractivity contribution in [3.05, 3.63) is 18.2 Å². The van der Waals surface area contributed by atoms with Gasteiger partial charge in [-0.25, -0.2) is 9.13 Å². The lowest BCUT2D eigenvalue weighted by atomic mass is 10.1. The van der Waals surface area contributed by atoms with Gasteiger partial charge in [-0.05, 0) is 20.8 Å². The van der Waals surface area contributed by atoms with Crippen LogP contribution >= 0.6 is 0 Å². The van der Waals surface area contributed by atoms with E-state index in [1.165, 1.54) is 6.21 Å². The van der Waals surface area contributed by atoms with E-state index < -0.39 is 5.60 Å². The molecule has 18 heavy (non-hydrogen) atoms. The number of hydrogen-bond acceptors (Lipinski definition) is 3. The first-order valence-corrected chi connectivity index (χ1v) is 5.30. The number of aromatic nitrogens is 2. The molecular weight excluding hydrogens is 254 g/mol. The van der Waals surface area contributed by atoms with Crippen LogP contribution in [0.15, 0.2) is 17.5 Å². The number of rotatable bonds is 4. The third-order valence-corrected chi connectivity index (χ3v) is 2.29. The number of hydrogen-bond donors (Lipinski definition) is 1. The van der Waals surface area contributed by atoms with Crippen LogP contribution in [0.5, 0.6) is 0 Å². The smallest absolute Gasteiger partial charge is 0.305 e. The normalized spacial score (nSPS) is 10.9. The van der Waals surface area contributed by atoms with Crippen LogP contribution in [-0.2, 0) is 18.5 Å². The second kappa shape index (κ2) is 7.04. The monoisotopic (exact) mass is 271 g/mol. The third-order valence-electron chi connectivity index (χ3n) is 2.29. The number of imidazole rings is 1. The van der Waals surface area contributed by atoms with Gasteiger partial charge in [-0.15, -0.1) is 5.92 Å². The average Bonchev–Trinajstić information content (AvgIpc) is 2.59. The Kier molecular flexibility index (Phi) is 6.45. The molecule has 5 nitrogen and oxygen atoms in total. The molecule has 0 saturated heterocycles. The van der Waals surface area contributed by atoms with Crippen molar-refractivity contribution >= 4 is 6.21 Å². The molecule has 0 unspecified atom stereocenters. The first-order chi connectivity index (χ1) is 8.00. The first kappa shape index (κ1) is 16.5. The highest BCUT2D eigenvalue weighted by Gasteiger charge is 2.19. The average molecular weight is 272 g/mol. The van der Waals surface area contributed by atoms with E-state index in [0.29, 0.717) is 6.73 Å². The lowest BCUT2D eigenvalue weighted by Gasteiger charge is -2.17. The molecule has 0 amide bonds. The summed E-state index contributed by atoms with van der Waals surface area (Å²) < 4.78 is 9.36. The standard InChI is InChI=1S/C12H17N3O2.ClH/c1-5-6-12(2,3)17-10-15-8-7-14(4)11(15)9-13-16;/h7-9H,10H2,1-4H3;1H. The number of ether oxygens (including phenoxy) is 1. The molecule has 1 heterocycles. The van der Waals surface area contributed by atoms with Gasteiger partial charge in [0.2, 0.25) is 0 Å². The second-order valence-corrected chi connectivity index (χ2v) is 4.14. The van der Waals surface area contributed by atoms with Crippen LogP contribution in [0.4, 0.5) is 0 Å². The van der Waals surface area contributed by atoms with Crippen molar-refractivity contribution in [2.75, 3.05) is 0 Å². The van der Waals surface area contributed by atoms with Crippen LogP contribution in [0.1, 0.15) is 26.6 Å². The Labute approximate surface area is 113 Å². The molecule has 0 aliphatic heterocycles. The molecule has 0 radical (unpaired) electrons. The van der Waals surface area contributed by atoms with Gasteiger partial charge < -0.3 is 22.4 Å². The Morgan fingerprint density at radius 2 is 2.28 bits per heavy atom. The summed E-state index contributed by atoms with van der Waals surface area (Å²) in [5, 5.41) is 11.6. The summed E-state index contributed by atoms with van der Waals surface area (Å²) in [7, 11) is 1.87. The van der Waals surface area contributed by atoms with Crippen LogP contribution in [0, 0.1) is 11.8 Å². The summed E-state index contributed by atoms with van der Waals surface area (Å²) in [4.78, 5) is 0. The predicted molar refractivity (Wildman–Crippen MR) is 63.6 cm³/mol. The Bertz CT molecular complexity index is 469. The van der Waals surface area contributed by atoms with Crippen LogP contribution in [0.3, 0.4) is 0 Å². The fourth-order valence-corrected chi connectivity index (χ4v) is 1.43. The largest absolute Gasteiger partial charge is 1.00 e. The van der Waals surface area contributed by atoms with Gasteiger partial charge in [0, 0.05) is 0 Å². The van der Waals surface area contributed by atoms with Crippen molar-refractivity contribution in [3.63, 3.8) is 0 Å². The van der Waals surface area contributed by atoms with Gasteiger partial charge in [0.05, 0.1) is 7.05 Å². The highest BCUT2D eigenvalue weighted by molar-refractivity contribution is 5.72. The van der Waals surface area contributed by atoms with Crippen LogP contribution in [0.2, 0.25) is 0 Å².